The van der Waals surface area contributed by atoms with Gasteiger partial charge in [0.2, 0.25) is 23.6 Å². The van der Waals surface area contributed by atoms with Gasteiger partial charge in [-0.3, -0.25) is 24.1 Å². The maximum Gasteiger partial charge on any atom is 0.241 e. The van der Waals surface area contributed by atoms with Crippen LogP contribution in [0.2, 0.25) is 0 Å². The number of para-hydroxylation sites is 1. The number of hydrogen-bond donors (Lipinski definition) is 1. The van der Waals surface area contributed by atoms with E-state index in [2.05, 4.69) is 15.9 Å². The molecule has 0 bridgehead atoms. The Bertz CT molecular complexity index is 1790. The standard InChI is InChI=1S/C35H31BrN2O7/c1-35-25(32(41)38(34(35)43)19-7-5-4-6-8-19)17-24-22(30(35)29-26(39)15-21(44-2)16-27(29)45-3)13-14-23-28(24)33(42)37(31(23)40)20-11-9-18(36)10-12-20/h4-13,15-16,23-25,28,30,39H,14,17H2,1-3H3/t23-,24+,25-,28-,30+,35+/m0/s1. The molecule has 3 aromatic rings. The molecule has 4 amide bonds. The number of phenolic OH excluding ortho intramolecular Hbond substituents is 1. The highest BCUT2D eigenvalue weighted by atomic mass is 79.9. The molecule has 0 unspecified atom stereocenters. The molecule has 2 aliphatic heterocycles. The van der Waals surface area contributed by atoms with Crippen LogP contribution < -0.4 is 19.3 Å². The topological polar surface area (TPSA) is 113 Å². The summed E-state index contributed by atoms with van der Waals surface area (Å²) in [6, 6.07) is 18.9. The molecule has 6 atom stereocenters. The third-order valence-corrected chi connectivity index (χ3v) is 10.7. The molecule has 230 valence electrons. The van der Waals surface area contributed by atoms with Crippen LogP contribution in [0.3, 0.4) is 0 Å². The number of rotatable bonds is 5. The molecule has 7 rings (SSSR count). The number of methoxy groups -OCH3 is 2. The van der Waals surface area contributed by atoms with Crippen molar-refractivity contribution in [3.8, 4) is 17.2 Å². The van der Waals surface area contributed by atoms with Gasteiger partial charge in [0.15, 0.2) is 0 Å². The van der Waals surface area contributed by atoms with E-state index in [1.54, 1.807) is 61.5 Å². The minimum atomic E-state index is -1.32. The number of anilines is 2. The molecular formula is C35H31BrN2O7. The van der Waals surface area contributed by atoms with E-state index in [0.29, 0.717) is 28.4 Å². The lowest BCUT2D eigenvalue weighted by Crippen LogP contribution is -2.49. The van der Waals surface area contributed by atoms with Crippen molar-refractivity contribution in [1.82, 2.24) is 0 Å². The molecule has 3 aromatic carbocycles. The number of phenols is 1. The third-order valence-electron chi connectivity index (χ3n) is 10.2. The lowest BCUT2D eigenvalue weighted by atomic mass is 9.51. The number of imide groups is 2. The van der Waals surface area contributed by atoms with Crippen LogP contribution in [0.1, 0.15) is 31.2 Å². The molecule has 9 nitrogen and oxygen atoms in total. The number of benzene rings is 3. The number of fused-ring (bicyclic) bond motifs is 4. The number of halogens is 1. The SMILES string of the molecule is COc1cc(O)c([C@H]2C3=CC[C@@H]4C(=O)N(c5ccc(Br)cc5)C(=O)[C@@H]4[C@@H]3C[C@H]3C(=O)N(c4ccccc4)C(=O)[C@@]23C)c(OC)c1. The smallest absolute Gasteiger partial charge is 0.241 e. The number of allylic oxidation sites excluding steroid dienone is 2. The van der Waals surface area contributed by atoms with Gasteiger partial charge in [-0.1, -0.05) is 45.8 Å². The van der Waals surface area contributed by atoms with Gasteiger partial charge in [0, 0.05) is 28.1 Å². The zero-order chi connectivity index (χ0) is 31.8. The summed E-state index contributed by atoms with van der Waals surface area (Å²) in [4.78, 5) is 59.4. The predicted molar refractivity (Wildman–Crippen MR) is 169 cm³/mol. The van der Waals surface area contributed by atoms with Crippen LogP contribution in [-0.4, -0.2) is 43.0 Å². The van der Waals surface area contributed by atoms with Crippen LogP contribution in [0.15, 0.2) is 82.9 Å². The second-order valence-electron chi connectivity index (χ2n) is 12.2. The van der Waals surface area contributed by atoms with Gasteiger partial charge in [-0.15, -0.1) is 0 Å². The molecule has 3 fully saturated rings. The Morgan fingerprint density at radius 3 is 2.20 bits per heavy atom. The van der Waals surface area contributed by atoms with Gasteiger partial charge < -0.3 is 14.6 Å². The van der Waals surface area contributed by atoms with Gasteiger partial charge >= 0.3 is 0 Å². The molecule has 1 N–H and O–H groups in total. The Kier molecular flexibility index (Phi) is 6.88. The first-order valence-electron chi connectivity index (χ1n) is 14.8. The van der Waals surface area contributed by atoms with Crippen molar-refractivity contribution < 1.29 is 33.8 Å². The van der Waals surface area contributed by atoms with Gasteiger partial charge in [-0.25, -0.2) is 4.90 Å². The zero-order valence-electron chi connectivity index (χ0n) is 24.9. The van der Waals surface area contributed by atoms with E-state index in [9.17, 15) is 24.3 Å². The molecule has 10 heteroatoms. The Balaban J connectivity index is 1.41. The van der Waals surface area contributed by atoms with E-state index in [4.69, 9.17) is 9.47 Å². The van der Waals surface area contributed by atoms with Crippen molar-refractivity contribution >= 4 is 50.9 Å². The minimum absolute atomic E-state index is 0.149. The van der Waals surface area contributed by atoms with Gasteiger partial charge in [-0.05, 0) is 62.1 Å². The number of nitrogens with zero attached hydrogens (tertiary/aromatic N) is 2. The average Bonchev–Trinajstić information content (AvgIpc) is 3.41. The summed E-state index contributed by atoms with van der Waals surface area (Å²) < 4.78 is 12.0. The quantitative estimate of drug-likeness (QED) is 0.277. The van der Waals surface area contributed by atoms with Crippen molar-refractivity contribution in [3.05, 3.63) is 88.4 Å². The Morgan fingerprint density at radius 1 is 0.844 bits per heavy atom. The van der Waals surface area contributed by atoms with Crippen LogP contribution >= 0.6 is 15.9 Å². The molecule has 2 saturated heterocycles. The number of ether oxygens (including phenoxy) is 2. The van der Waals surface area contributed by atoms with E-state index in [1.807, 2.05) is 12.1 Å². The highest BCUT2D eigenvalue weighted by molar-refractivity contribution is 9.10. The largest absolute Gasteiger partial charge is 0.507 e. The molecule has 0 radical (unpaired) electrons. The lowest BCUT2D eigenvalue weighted by Gasteiger charge is -2.49. The molecular weight excluding hydrogens is 640 g/mol. The van der Waals surface area contributed by atoms with Crippen LogP contribution in [-0.2, 0) is 19.2 Å². The first kappa shape index (κ1) is 29.3. The first-order valence-corrected chi connectivity index (χ1v) is 15.6. The van der Waals surface area contributed by atoms with Gasteiger partial charge in [0.1, 0.15) is 17.2 Å². The van der Waals surface area contributed by atoms with Gasteiger partial charge in [0.05, 0.1) is 48.8 Å². The Labute approximate surface area is 268 Å². The first-order chi connectivity index (χ1) is 21.6. The van der Waals surface area contributed by atoms with Crippen molar-refractivity contribution in [3.63, 3.8) is 0 Å². The normalized spacial score (nSPS) is 28.9. The molecule has 2 heterocycles. The predicted octanol–water partition coefficient (Wildman–Crippen LogP) is 5.61. The van der Waals surface area contributed by atoms with Crippen molar-refractivity contribution in [1.29, 1.82) is 0 Å². The maximum absolute atomic E-state index is 14.6. The van der Waals surface area contributed by atoms with E-state index in [-0.39, 0.29) is 36.3 Å². The summed E-state index contributed by atoms with van der Waals surface area (Å²) in [6.45, 7) is 1.77. The number of carbonyl (C=O) groups excluding carboxylic acids is 4. The summed E-state index contributed by atoms with van der Waals surface area (Å²) in [5.41, 5.74) is 0.717. The van der Waals surface area contributed by atoms with E-state index >= 15 is 0 Å². The Morgan fingerprint density at radius 2 is 1.53 bits per heavy atom. The zero-order valence-corrected chi connectivity index (χ0v) is 26.5. The van der Waals surface area contributed by atoms with E-state index in [0.717, 1.165) is 10.0 Å². The monoisotopic (exact) mass is 670 g/mol. The fraction of sp³-hybridized carbons (Fsp3) is 0.314. The average molecular weight is 672 g/mol. The van der Waals surface area contributed by atoms with Crippen LogP contribution in [0.25, 0.3) is 0 Å². The Hall–Kier alpha value is -4.44. The van der Waals surface area contributed by atoms with E-state index in [1.165, 1.54) is 30.1 Å². The maximum atomic E-state index is 14.6. The number of aromatic hydroxyl groups is 1. The van der Waals surface area contributed by atoms with Crippen molar-refractivity contribution in [2.75, 3.05) is 24.0 Å². The molecule has 0 aromatic heterocycles. The molecule has 1 saturated carbocycles. The summed E-state index contributed by atoms with van der Waals surface area (Å²) in [7, 11) is 2.94. The van der Waals surface area contributed by atoms with Gasteiger partial charge in [0.25, 0.3) is 0 Å². The summed E-state index contributed by atoms with van der Waals surface area (Å²) in [5, 5.41) is 11.5. The molecule has 0 spiro atoms. The molecule has 45 heavy (non-hydrogen) atoms. The van der Waals surface area contributed by atoms with Crippen LogP contribution in [0.4, 0.5) is 11.4 Å². The summed E-state index contributed by atoms with van der Waals surface area (Å²) >= 11 is 3.41. The van der Waals surface area contributed by atoms with Crippen molar-refractivity contribution in [2.24, 2.45) is 29.1 Å². The van der Waals surface area contributed by atoms with Crippen molar-refractivity contribution in [2.45, 2.75) is 25.7 Å². The highest BCUT2D eigenvalue weighted by Crippen LogP contribution is 2.65. The second-order valence-corrected chi connectivity index (χ2v) is 13.2. The number of amides is 4. The highest BCUT2D eigenvalue weighted by Gasteiger charge is 2.68. The molecule has 4 aliphatic rings. The molecule has 2 aliphatic carbocycles. The van der Waals surface area contributed by atoms with E-state index < -0.39 is 40.9 Å². The summed E-state index contributed by atoms with van der Waals surface area (Å²) in [6.07, 6.45) is 2.44. The lowest BCUT2D eigenvalue weighted by molar-refractivity contribution is -0.131. The second kappa shape index (κ2) is 10.6. The van der Waals surface area contributed by atoms with Crippen LogP contribution in [0, 0.1) is 29.1 Å². The summed E-state index contributed by atoms with van der Waals surface area (Å²) in [5.74, 6) is -4.37. The third kappa shape index (κ3) is 4.11. The fourth-order valence-electron chi connectivity index (χ4n) is 8.16. The fourth-order valence-corrected chi connectivity index (χ4v) is 8.42. The minimum Gasteiger partial charge on any atom is -0.507 e. The van der Waals surface area contributed by atoms with Gasteiger partial charge in [-0.2, -0.15) is 0 Å². The number of hydrogen-bond acceptors (Lipinski definition) is 7. The number of carbonyl (C=O) groups is 4. The van der Waals surface area contributed by atoms with Crippen LogP contribution in [0.5, 0.6) is 17.2 Å².